The molecule has 1 heterocycles. The fourth-order valence-electron chi connectivity index (χ4n) is 1.13. The van der Waals surface area contributed by atoms with Gasteiger partial charge in [0.25, 0.3) is 0 Å². The Labute approximate surface area is 95.2 Å². The van der Waals surface area contributed by atoms with E-state index in [0.29, 0.717) is 25.4 Å². The smallest absolute Gasteiger partial charge is 0.319 e. The van der Waals surface area contributed by atoms with Crippen molar-refractivity contribution in [1.82, 2.24) is 10.3 Å². The topological polar surface area (TPSA) is 63.2 Å². The van der Waals surface area contributed by atoms with E-state index in [-0.39, 0.29) is 6.03 Å². The quantitative estimate of drug-likeness (QED) is 0.720. The van der Waals surface area contributed by atoms with Crippen molar-refractivity contribution in [2.45, 2.75) is 13.3 Å². The molecule has 1 rings (SSSR count). The highest BCUT2D eigenvalue weighted by Crippen LogP contribution is 2.01. The molecule has 0 saturated carbocycles. The van der Waals surface area contributed by atoms with Gasteiger partial charge >= 0.3 is 6.03 Å². The van der Waals surface area contributed by atoms with Crippen LogP contribution < -0.4 is 10.6 Å². The summed E-state index contributed by atoms with van der Waals surface area (Å²) in [5.41, 5.74) is 0.685. The number of nitrogens with one attached hydrogen (secondary N) is 2. The maximum absolute atomic E-state index is 11.4. The molecule has 1 aromatic rings. The maximum atomic E-state index is 11.4. The predicted molar refractivity (Wildman–Crippen MR) is 62.4 cm³/mol. The molecule has 0 aliphatic heterocycles. The van der Waals surface area contributed by atoms with Gasteiger partial charge in [-0.15, -0.1) is 0 Å². The van der Waals surface area contributed by atoms with Crippen LogP contribution in [0.15, 0.2) is 24.5 Å². The average molecular weight is 223 g/mol. The molecular weight excluding hydrogens is 206 g/mol. The molecule has 0 saturated heterocycles. The molecule has 2 N–H and O–H groups in total. The van der Waals surface area contributed by atoms with E-state index in [0.717, 1.165) is 6.42 Å². The van der Waals surface area contributed by atoms with Gasteiger partial charge in [0.15, 0.2) is 0 Å². The first-order valence-corrected chi connectivity index (χ1v) is 5.35. The molecule has 2 amide bonds. The van der Waals surface area contributed by atoms with Crippen molar-refractivity contribution >= 4 is 11.7 Å². The Morgan fingerprint density at radius 2 is 2.44 bits per heavy atom. The number of hydrogen-bond donors (Lipinski definition) is 2. The Bertz CT molecular complexity index is 303. The number of carbonyl (C=O) groups excluding carboxylic acids is 1. The van der Waals surface area contributed by atoms with Crippen molar-refractivity contribution in [3.05, 3.63) is 24.5 Å². The number of pyridine rings is 1. The van der Waals surface area contributed by atoms with Crippen LogP contribution in [0.25, 0.3) is 0 Å². The molecule has 0 atom stereocenters. The molecule has 0 aliphatic carbocycles. The van der Waals surface area contributed by atoms with Gasteiger partial charge in [-0.1, -0.05) is 0 Å². The third-order valence-electron chi connectivity index (χ3n) is 1.87. The van der Waals surface area contributed by atoms with Crippen molar-refractivity contribution in [2.24, 2.45) is 0 Å². The molecule has 0 radical (unpaired) electrons. The first-order valence-electron chi connectivity index (χ1n) is 5.35. The van der Waals surface area contributed by atoms with Gasteiger partial charge in [-0.05, 0) is 25.5 Å². The fourth-order valence-corrected chi connectivity index (χ4v) is 1.13. The molecule has 0 aromatic carbocycles. The number of urea groups is 1. The monoisotopic (exact) mass is 223 g/mol. The zero-order chi connectivity index (χ0) is 11.6. The van der Waals surface area contributed by atoms with Gasteiger partial charge in [0.05, 0.1) is 11.9 Å². The predicted octanol–water partition coefficient (Wildman–Crippen LogP) is 1.63. The summed E-state index contributed by atoms with van der Waals surface area (Å²) in [6.07, 6.45) is 4.07. The van der Waals surface area contributed by atoms with Crippen molar-refractivity contribution in [3.8, 4) is 0 Å². The van der Waals surface area contributed by atoms with E-state index in [2.05, 4.69) is 15.6 Å². The lowest BCUT2D eigenvalue weighted by Crippen LogP contribution is -2.30. The third-order valence-corrected chi connectivity index (χ3v) is 1.87. The van der Waals surface area contributed by atoms with Crippen molar-refractivity contribution < 1.29 is 9.53 Å². The fraction of sp³-hybridized carbons (Fsp3) is 0.455. The van der Waals surface area contributed by atoms with Gasteiger partial charge < -0.3 is 15.4 Å². The van der Waals surface area contributed by atoms with E-state index in [1.807, 2.05) is 6.92 Å². The Morgan fingerprint density at radius 3 is 3.12 bits per heavy atom. The number of aromatic nitrogens is 1. The van der Waals surface area contributed by atoms with Crippen molar-refractivity contribution in [3.63, 3.8) is 0 Å². The molecule has 16 heavy (non-hydrogen) atoms. The first-order chi connectivity index (χ1) is 7.83. The van der Waals surface area contributed by atoms with Gasteiger partial charge in [0.2, 0.25) is 0 Å². The number of ether oxygens (including phenoxy) is 1. The van der Waals surface area contributed by atoms with Crippen LogP contribution in [0.2, 0.25) is 0 Å². The van der Waals surface area contributed by atoms with Crippen LogP contribution >= 0.6 is 0 Å². The third kappa shape index (κ3) is 5.31. The normalized spacial score (nSPS) is 9.81. The summed E-state index contributed by atoms with van der Waals surface area (Å²) in [7, 11) is 0. The average Bonchev–Trinajstić information content (AvgIpc) is 2.30. The first kappa shape index (κ1) is 12.4. The summed E-state index contributed by atoms with van der Waals surface area (Å²) in [5.74, 6) is 0. The van der Waals surface area contributed by atoms with Gasteiger partial charge in [-0.3, -0.25) is 4.98 Å². The number of hydrogen-bond acceptors (Lipinski definition) is 3. The highest BCUT2D eigenvalue weighted by atomic mass is 16.5. The van der Waals surface area contributed by atoms with Crippen molar-refractivity contribution in [1.29, 1.82) is 0 Å². The van der Waals surface area contributed by atoms with Gasteiger partial charge in [-0.2, -0.15) is 0 Å². The molecule has 5 nitrogen and oxygen atoms in total. The summed E-state index contributed by atoms with van der Waals surface area (Å²) in [4.78, 5) is 15.3. The molecular formula is C11H17N3O2. The summed E-state index contributed by atoms with van der Waals surface area (Å²) in [6, 6.07) is 3.33. The SMILES string of the molecule is CCOCCCNC(=O)Nc1cccnc1. The molecule has 0 unspecified atom stereocenters. The second-order valence-corrected chi connectivity index (χ2v) is 3.17. The molecule has 0 spiro atoms. The van der Waals surface area contributed by atoms with Crippen LogP contribution in [-0.4, -0.2) is 30.8 Å². The number of rotatable bonds is 6. The summed E-state index contributed by atoms with van der Waals surface area (Å²) in [5, 5.41) is 5.41. The van der Waals surface area contributed by atoms with Crippen LogP contribution in [0.4, 0.5) is 10.5 Å². The van der Waals surface area contributed by atoms with Crippen LogP contribution in [-0.2, 0) is 4.74 Å². The van der Waals surface area contributed by atoms with E-state index >= 15 is 0 Å². The lowest BCUT2D eigenvalue weighted by atomic mass is 10.4. The standard InChI is InChI=1S/C11H17N3O2/c1-2-16-8-4-7-13-11(15)14-10-5-3-6-12-9-10/h3,5-6,9H,2,4,7-8H2,1H3,(H2,13,14,15). The minimum atomic E-state index is -0.218. The lowest BCUT2D eigenvalue weighted by Gasteiger charge is -2.06. The second kappa shape index (κ2) is 7.64. The van der Waals surface area contributed by atoms with Gasteiger partial charge in [-0.25, -0.2) is 4.79 Å². The Balaban J connectivity index is 2.12. The molecule has 1 aromatic heterocycles. The maximum Gasteiger partial charge on any atom is 0.319 e. The highest BCUT2D eigenvalue weighted by Gasteiger charge is 1.99. The summed E-state index contributed by atoms with van der Waals surface area (Å²) in [6.45, 7) is 3.93. The highest BCUT2D eigenvalue weighted by molar-refractivity contribution is 5.88. The zero-order valence-electron chi connectivity index (χ0n) is 9.40. The van der Waals surface area contributed by atoms with E-state index in [1.54, 1.807) is 24.5 Å². The van der Waals surface area contributed by atoms with Crippen LogP contribution in [0, 0.1) is 0 Å². The Hall–Kier alpha value is -1.62. The molecule has 88 valence electrons. The largest absolute Gasteiger partial charge is 0.382 e. The minimum Gasteiger partial charge on any atom is -0.382 e. The van der Waals surface area contributed by atoms with E-state index in [9.17, 15) is 4.79 Å². The molecule has 0 fully saturated rings. The summed E-state index contributed by atoms with van der Waals surface area (Å²) >= 11 is 0. The minimum absolute atomic E-state index is 0.218. The summed E-state index contributed by atoms with van der Waals surface area (Å²) < 4.78 is 5.15. The Kier molecular flexibility index (Phi) is 5.95. The van der Waals surface area contributed by atoms with Crippen LogP contribution in [0.1, 0.15) is 13.3 Å². The lowest BCUT2D eigenvalue weighted by molar-refractivity contribution is 0.145. The number of nitrogens with zero attached hydrogens (tertiary/aromatic N) is 1. The van der Waals surface area contributed by atoms with Gasteiger partial charge in [0, 0.05) is 26.0 Å². The van der Waals surface area contributed by atoms with E-state index in [1.165, 1.54) is 0 Å². The van der Waals surface area contributed by atoms with E-state index < -0.39 is 0 Å². The molecule has 0 aliphatic rings. The van der Waals surface area contributed by atoms with Crippen molar-refractivity contribution in [2.75, 3.05) is 25.1 Å². The Morgan fingerprint density at radius 1 is 1.56 bits per heavy atom. The number of amides is 2. The second-order valence-electron chi connectivity index (χ2n) is 3.17. The zero-order valence-corrected chi connectivity index (χ0v) is 9.40. The van der Waals surface area contributed by atoms with Crippen LogP contribution in [0.5, 0.6) is 0 Å². The number of anilines is 1. The van der Waals surface area contributed by atoms with E-state index in [4.69, 9.17) is 4.74 Å². The molecule has 5 heteroatoms. The van der Waals surface area contributed by atoms with Crippen LogP contribution in [0.3, 0.4) is 0 Å². The molecule has 0 bridgehead atoms. The van der Waals surface area contributed by atoms with Gasteiger partial charge in [0.1, 0.15) is 0 Å². The number of carbonyl (C=O) groups is 1.